The van der Waals surface area contributed by atoms with Crippen molar-refractivity contribution in [3.63, 3.8) is 0 Å². The molecular weight excluding hydrogens is 1330 g/mol. The summed E-state index contributed by atoms with van der Waals surface area (Å²) in [7, 11) is -10.0. The molecule has 19 heteroatoms. The van der Waals surface area contributed by atoms with Crippen molar-refractivity contribution in [3.8, 4) is 0 Å². The zero-order chi connectivity index (χ0) is 74.6. The summed E-state index contributed by atoms with van der Waals surface area (Å²) in [6, 6.07) is 0. The smallest absolute Gasteiger partial charge is 0.462 e. The van der Waals surface area contributed by atoms with Crippen LogP contribution in [-0.2, 0) is 65.4 Å². The van der Waals surface area contributed by atoms with Gasteiger partial charge in [0.15, 0.2) is 12.2 Å². The van der Waals surface area contributed by atoms with Crippen LogP contribution in [0.5, 0.6) is 0 Å². The summed E-state index contributed by atoms with van der Waals surface area (Å²) in [4.78, 5) is 72.8. The Morgan fingerprint density at radius 3 is 0.882 bits per heavy atom. The lowest BCUT2D eigenvalue weighted by Gasteiger charge is -2.21. The van der Waals surface area contributed by atoms with E-state index in [9.17, 15) is 43.2 Å². The summed E-state index contributed by atoms with van der Waals surface area (Å²) in [5, 5.41) is 10.6. The van der Waals surface area contributed by atoms with Crippen LogP contribution in [0, 0.1) is 0 Å². The highest BCUT2D eigenvalue weighted by Crippen LogP contribution is 2.45. The maximum atomic E-state index is 13.1. The van der Waals surface area contributed by atoms with Gasteiger partial charge in [0.2, 0.25) is 0 Å². The topological polar surface area (TPSA) is 237 Å². The minimum absolute atomic E-state index is 0.0270. The van der Waals surface area contributed by atoms with E-state index in [4.69, 9.17) is 37.0 Å². The van der Waals surface area contributed by atoms with Crippen molar-refractivity contribution < 1.29 is 80.2 Å². The molecule has 0 aromatic heterocycles. The Hall–Kier alpha value is -5.84. The molecule has 0 aliphatic carbocycles. The molecule has 0 bridgehead atoms. The van der Waals surface area contributed by atoms with Gasteiger partial charge in [-0.25, -0.2) is 9.13 Å². The number of rotatable bonds is 69. The molecule has 0 aliphatic heterocycles. The first-order chi connectivity index (χ1) is 49.7. The number of allylic oxidation sites excluding steroid dienone is 30. The van der Waals surface area contributed by atoms with Crippen LogP contribution >= 0.6 is 15.6 Å². The summed E-state index contributed by atoms with van der Waals surface area (Å²) in [5.74, 6) is -2.39. The minimum atomic E-state index is -5.01. The fraction of sp³-hybridized carbons (Fsp3) is 0.590. The summed E-state index contributed by atoms with van der Waals surface area (Å²) in [5.41, 5.74) is 0. The average Bonchev–Trinajstić information content (AvgIpc) is 0.926. The second-order valence-electron chi connectivity index (χ2n) is 24.4. The van der Waals surface area contributed by atoms with Crippen molar-refractivity contribution in [2.45, 2.75) is 277 Å². The highest BCUT2D eigenvalue weighted by molar-refractivity contribution is 7.47. The van der Waals surface area contributed by atoms with E-state index in [0.29, 0.717) is 38.5 Å². The first-order valence-corrected chi connectivity index (χ1v) is 41.0. The van der Waals surface area contributed by atoms with Crippen LogP contribution in [0.1, 0.15) is 259 Å². The van der Waals surface area contributed by atoms with E-state index in [1.165, 1.54) is 6.42 Å². The zero-order valence-electron chi connectivity index (χ0n) is 62.7. The Balaban J connectivity index is 5.47. The third-order valence-corrected chi connectivity index (χ3v) is 16.8. The van der Waals surface area contributed by atoms with Gasteiger partial charge in [0, 0.05) is 25.7 Å². The lowest BCUT2D eigenvalue weighted by molar-refractivity contribution is -0.161. The fourth-order valence-electron chi connectivity index (χ4n) is 9.16. The van der Waals surface area contributed by atoms with Gasteiger partial charge in [0.1, 0.15) is 19.3 Å². The first-order valence-electron chi connectivity index (χ1n) is 38.0. The lowest BCUT2D eigenvalue weighted by Crippen LogP contribution is -2.30. The lowest BCUT2D eigenvalue weighted by atomic mass is 10.1. The predicted molar refractivity (Wildman–Crippen MR) is 417 cm³/mol. The van der Waals surface area contributed by atoms with E-state index in [-0.39, 0.29) is 25.7 Å². The number of phosphoric ester groups is 2. The van der Waals surface area contributed by atoms with Crippen molar-refractivity contribution in [1.82, 2.24) is 0 Å². The Morgan fingerprint density at radius 1 is 0.284 bits per heavy atom. The van der Waals surface area contributed by atoms with E-state index in [1.54, 1.807) is 0 Å². The van der Waals surface area contributed by atoms with Crippen molar-refractivity contribution in [2.24, 2.45) is 0 Å². The molecule has 0 aliphatic rings. The number of aliphatic hydroxyl groups is 1. The highest BCUT2D eigenvalue weighted by Gasteiger charge is 2.30. The molecule has 576 valence electrons. The van der Waals surface area contributed by atoms with Gasteiger partial charge < -0.3 is 33.8 Å². The van der Waals surface area contributed by atoms with Crippen LogP contribution in [0.4, 0.5) is 0 Å². The number of ether oxygens (including phenoxy) is 4. The number of aliphatic hydroxyl groups excluding tert-OH is 1. The summed E-state index contributed by atoms with van der Waals surface area (Å²) < 4.78 is 68.3. The number of carbonyl (C=O) groups excluding carboxylic acids is 4. The molecular formula is C83H132O17P2. The Labute approximate surface area is 615 Å². The summed E-state index contributed by atoms with van der Waals surface area (Å²) in [6.07, 6.45) is 87.7. The molecule has 0 saturated heterocycles. The third kappa shape index (κ3) is 72.5. The van der Waals surface area contributed by atoms with Crippen molar-refractivity contribution in [2.75, 3.05) is 39.6 Å². The Morgan fingerprint density at radius 2 is 0.539 bits per heavy atom. The van der Waals surface area contributed by atoms with Crippen molar-refractivity contribution in [1.29, 1.82) is 0 Å². The molecule has 0 heterocycles. The largest absolute Gasteiger partial charge is 0.472 e. The van der Waals surface area contributed by atoms with Crippen molar-refractivity contribution in [3.05, 3.63) is 182 Å². The Bertz CT molecular complexity index is 2650. The van der Waals surface area contributed by atoms with Gasteiger partial charge in [0.05, 0.1) is 26.4 Å². The van der Waals surface area contributed by atoms with E-state index in [1.807, 2.05) is 30.4 Å². The average molecular weight is 1460 g/mol. The molecule has 0 aromatic rings. The predicted octanol–water partition coefficient (Wildman–Crippen LogP) is 22.0. The molecule has 0 radical (unpaired) electrons. The van der Waals surface area contributed by atoms with Gasteiger partial charge >= 0.3 is 39.5 Å². The second-order valence-corrected chi connectivity index (χ2v) is 27.3. The number of phosphoric acid groups is 2. The van der Waals surface area contributed by atoms with Gasteiger partial charge in [-0.1, -0.05) is 261 Å². The normalized spacial score (nSPS) is 14.9. The third-order valence-electron chi connectivity index (χ3n) is 14.9. The molecule has 3 N–H and O–H groups in total. The molecule has 0 aromatic carbocycles. The van der Waals surface area contributed by atoms with E-state index >= 15 is 0 Å². The van der Waals surface area contributed by atoms with E-state index in [0.717, 1.165) is 161 Å². The quantitative estimate of drug-likeness (QED) is 0.0169. The van der Waals surface area contributed by atoms with Crippen LogP contribution in [0.15, 0.2) is 182 Å². The first kappa shape index (κ1) is 96.2. The van der Waals surface area contributed by atoms with Gasteiger partial charge in [0.25, 0.3) is 0 Å². The molecule has 0 saturated carbocycles. The number of hydrogen-bond donors (Lipinski definition) is 3. The molecule has 0 fully saturated rings. The summed E-state index contributed by atoms with van der Waals surface area (Å²) in [6.45, 7) is 4.27. The molecule has 102 heavy (non-hydrogen) atoms. The molecule has 5 atom stereocenters. The Kier molecular flexibility index (Phi) is 69.3. The molecule has 17 nitrogen and oxygen atoms in total. The monoisotopic (exact) mass is 1460 g/mol. The van der Waals surface area contributed by atoms with Crippen LogP contribution in [0.2, 0.25) is 0 Å². The fourth-order valence-corrected chi connectivity index (χ4v) is 10.7. The SMILES string of the molecule is CC/C=C\C/C=C\C/C=C\C/C=C\C/C=C\C/C=C\CCC(=O)OCC(COP(=O)(O)OCC(O)COP(=O)(O)OCC(COC(=O)CCC/C=C\C/C=C\C/C=C\C/C=C\C/C=C\CC)OC(=O)CCCCCCC/C=C\C/C=C\C/C=C\CC)OC(=O)CCCCCCC/C=C\CCCC. The number of hydrogen-bond acceptors (Lipinski definition) is 15. The van der Waals surface area contributed by atoms with Gasteiger partial charge in [-0.15, -0.1) is 0 Å². The maximum Gasteiger partial charge on any atom is 0.472 e. The van der Waals surface area contributed by atoms with Crippen molar-refractivity contribution >= 4 is 39.5 Å². The van der Waals surface area contributed by atoms with Crippen LogP contribution in [-0.4, -0.2) is 96.7 Å². The molecule has 0 amide bonds. The number of esters is 4. The minimum Gasteiger partial charge on any atom is -0.462 e. The zero-order valence-corrected chi connectivity index (χ0v) is 64.5. The van der Waals surface area contributed by atoms with E-state index in [2.05, 4.69) is 180 Å². The summed E-state index contributed by atoms with van der Waals surface area (Å²) >= 11 is 0. The van der Waals surface area contributed by atoms with Gasteiger partial charge in [-0.2, -0.15) is 0 Å². The standard InChI is InChI=1S/C83H132O17P2/c1-5-9-13-17-21-25-29-32-35-37-38-40-43-45-49-52-56-60-64-68-80(85)93-73-78(99-82(87)69-65-61-57-53-47-28-24-20-16-12-8-4)75-97-101(89,90)95-71-77(84)72-96-102(91,92)98-76-79(100-83(88)70-66-62-58-54-50-46-41-34-31-27-23-19-15-11-7-3)74-94-81(86)67-63-59-55-51-48-44-42-39-36-33-30-26-22-18-14-10-6-2/h9-11,13-15,20-27,32-36,38,40-42,44-45,49,51,55-56,60,77-79,84H,5-8,12,16-19,28-31,37,39,43,46-48,50,52-54,57-59,61-76H2,1-4H3,(H,89,90)(H,91,92)/b13-9-,14-10-,15-11-,24-20-,25-21-,26-22-,27-23-,35-32-,36-33-,40-38-,41-34-,44-42-,49-45-,55-51-,60-56-. The highest BCUT2D eigenvalue weighted by atomic mass is 31.2. The van der Waals surface area contributed by atoms with Crippen LogP contribution in [0.25, 0.3) is 0 Å². The van der Waals surface area contributed by atoms with Crippen LogP contribution in [0.3, 0.4) is 0 Å². The molecule has 0 spiro atoms. The van der Waals surface area contributed by atoms with Gasteiger partial charge in [-0.05, 0) is 154 Å². The maximum absolute atomic E-state index is 13.1. The van der Waals surface area contributed by atoms with Gasteiger partial charge in [-0.3, -0.25) is 37.3 Å². The van der Waals surface area contributed by atoms with E-state index < -0.39 is 97.5 Å². The number of carbonyl (C=O) groups is 4. The molecule has 5 unspecified atom stereocenters. The van der Waals surface area contributed by atoms with Crippen LogP contribution < -0.4 is 0 Å². The number of unbranched alkanes of at least 4 members (excludes halogenated alkanes) is 13. The molecule has 0 rings (SSSR count). The second kappa shape index (κ2) is 73.5.